The SMILES string of the molecule is CCCCNc1nc(-c2cccc(Cl)c2)nc2c1CCC2. The molecule has 0 bridgehead atoms. The number of aromatic nitrogens is 2. The van der Waals surface area contributed by atoms with Crippen LogP contribution in [0.25, 0.3) is 11.4 Å². The Morgan fingerprint density at radius 2 is 2.14 bits per heavy atom. The molecule has 3 rings (SSSR count). The molecule has 1 aromatic heterocycles. The van der Waals surface area contributed by atoms with Gasteiger partial charge in [-0.1, -0.05) is 37.1 Å². The summed E-state index contributed by atoms with van der Waals surface area (Å²) in [5, 5.41) is 4.21. The summed E-state index contributed by atoms with van der Waals surface area (Å²) < 4.78 is 0. The van der Waals surface area contributed by atoms with Crippen molar-refractivity contribution in [2.45, 2.75) is 39.0 Å². The third kappa shape index (κ3) is 3.18. The Bertz CT molecular complexity index is 640. The molecular formula is C17H20ClN3. The van der Waals surface area contributed by atoms with Gasteiger partial charge in [0, 0.05) is 28.4 Å². The van der Waals surface area contributed by atoms with E-state index in [1.807, 2.05) is 24.3 Å². The number of nitrogens with one attached hydrogen (secondary N) is 1. The number of rotatable bonds is 5. The van der Waals surface area contributed by atoms with Crippen molar-refractivity contribution in [3.8, 4) is 11.4 Å². The van der Waals surface area contributed by atoms with E-state index in [9.17, 15) is 0 Å². The molecule has 0 aliphatic heterocycles. The molecule has 0 spiro atoms. The second-order valence-corrected chi connectivity index (χ2v) is 5.90. The van der Waals surface area contributed by atoms with E-state index in [1.54, 1.807) is 0 Å². The summed E-state index contributed by atoms with van der Waals surface area (Å²) in [6.45, 7) is 3.17. The topological polar surface area (TPSA) is 37.8 Å². The molecule has 1 N–H and O–H groups in total. The van der Waals surface area contributed by atoms with Gasteiger partial charge in [-0.2, -0.15) is 0 Å². The average molecular weight is 302 g/mol. The molecular weight excluding hydrogens is 282 g/mol. The molecule has 0 amide bonds. The van der Waals surface area contributed by atoms with Crippen molar-refractivity contribution in [1.29, 1.82) is 0 Å². The molecule has 4 heteroatoms. The fourth-order valence-corrected chi connectivity index (χ4v) is 2.91. The van der Waals surface area contributed by atoms with Crippen LogP contribution < -0.4 is 5.32 Å². The van der Waals surface area contributed by atoms with E-state index < -0.39 is 0 Å². The van der Waals surface area contributed by atoms with Gasteiger partial charge in [0.2, 0.25) is 0 Å². The van der Waals surface area contributed by atoms with Gasteiger partial charge in [0.25, 0.3) is 0 Å². The molecule has 0 atom stereocenters. The van der Waals surface area contributed by atoms with Crippen LogP contribution >= 0.6 is 11.6 Å². The van der Waals surface area contributed by atoms with Gasteiger partial charge in [-0.05, 0) is 37.8 Å². The van der Waals surface area contributed by atoms with Crippen LogP contribution in [0.3, 0.4) is 0 Å². The Morgan fingerprint density at radius 3 is 2.95 bits per heavy atom. The zero-order valence-corrected chi connectivity index (χ0v) is 13.1. The maximum Gasteiger partial charge on any atom is 0.161 e. The maximum atomic E-state index is 6.08. The van der Waals surface area contributed by atoms with Crippen LogP contribution in [-0.2, 0) is 12.8 Å². The molecule has 0 radical (unpaired) electrons. The molecule has 1 aromatic carbocycles. The molecule has 0 unspecified atom stereocenters. The summed E-state index contributed by atoms with van der Waals surface area (Å²) in [6.07, 6.45) is 5.64. The van der Waals surface area contributed by atoms with E-state index in [4.69, 9.17) is 21.6 Å². The summed E-state index contributed by atoms with van der Waals surface area (Å²) in [4.78, 5) is 9.49. The number of anilines is 1. The van der Waals surface area contributed by atoms with Crippen molar-refractivity contribution in [1.82, 2.24) is 9.97 Å². The maximum absolute atomic E-state index is 6.08. The monoisotopic (exact) mass is 301 g/mol. The van der Waals surface area contributed by atoms with Crippen LogP contribution in [0.15, 0.2) is 24.3 Å². The van der Waals surface area contributed by atoms with Gasteiger partial charge in [-0.25, -0.2) is 9.97 Å². The number of aryl methyl sites for hydroxylation is 1. The molecule has 1 aliphatic carbocycles. The van der Waals surface area contributed by atoms with Gasteiger partial charge < -0.3 is 5.32 Å². The van der Waals surface area contributed by atoms with Gasteiger partial charge in [-0.15, -0.1) is 0 Å². The fourth-order valence-electron chi connectivity index (χ4n) is 2.72. The highest BCUT2D eigenvalue weighted by Crippen LogP contribution is 2.29. The lowest BCUT2D eigenvalue weighted by Gasteiger charge is -2.12. The minimum absolute atomic E-state index is 0.720. The van der Waals surface area contributed by atoms with Crippen LogP contribution in [0, 0.1) is 0 Å². The van der Waals surface area contributed by atoms with Crippen molar-refractivity contribution in [2.24, 2.45) is 0 Å². The third-order valence-electron chi connectivity index (χ3n) is 3.84. The average Bonchev–Trinajstić information content (AvgIpc) is 2.96. The number of hydrogen-bond donors (Lipinski definition) is 1. The lowest BCUT2D eigenvalue weighted by Crippen LogP contribution is -2.08. The number of halogens is 1. The molecule has 0 fully saturated rings. The Balaban J connectivity index is 1.96. The van der Waals surface area contributed by atoms with Gasteiger partial charge in [0.15, 0.2) is 5.82 Å². The molecule has 1 heterocycles. The number of fused-ring (bicyclic) bond motifs is 1. The molecule has 2 aromatic rings. The fraction of sp³-hybridized carbons (Fsp3) is 0.412. The first kappa shape index (κ1) is 14.3. The Hall–Kier alpha value is -1.61. The molecule has 1 aliphatic rings. The van der Waals surface area contributed by atoms with Crippen LogP contribution in [0.4, 0.5) is 5.82 Å². The molecule has 110 valence electrons. The second-order valence-electron chi connectivity index (χ2n) is 5.47. The largest absolute Gasteiger partial charge is 0.370 e. The predicted octanol–water partition coefficient (Wildman–Crippen LogP) is 4.50. The summed E-state index contributed by atoms with van der Waals surface area (Å²) in [5.41, 5.74) is 3.48. The van der Waals surface area contributed by atoms with Crippen molar-refractivity contribution >= 4 is 17.4 Å². The zero-order valence-electron chi connectivity index (χ0n) is 12.3. The lowest BCUT2D eigenvalue weighted by atomic mass is 10.2. The molecule has 21 heavy (non-hydrogen) atoms. The smallest absolute Gasteiger partial charge is 0.161 e. The Kier molecular flexibility index (Phi) is 4.39. The summed E-state index contributed by atoms with van der Waals surface area (Å²) in [7, 11) is 0. The third-order valence-corrected chi connectivity index (χ3v) is 4.07. The van der Waals surface area contributed by atoms with Crippen LogP contribution in [0.5, 0.6) is 0 Å². The quantitative estimate of drug-likeness (QED) is 0.826. The molecule has 3 nitrogen and oxygen atoms in total. The Labute approximate surface area is 130 Å². The van der Waals surface area contributed by atoms with Crippen LogP contribution in [-0.4, -0.2) is 16.5 Å². The number of hydrogen-bond acceptors (Lipinski definition) is 3. The zero-order chi connectivity index (χ0) is 14.7. The highest BCUT2D eigenvalue weighted by Gasteiger charge is 2.19. The van der Waals surface area contributed by atoms with Gasteiger partial charge in [-0.3, -0.25) is 0 Å². The number of nitrogens with zero attached hydrogens (tertiary/aromatic N) is 2. The van der Waals surface area contributed by atoms with Crippen LogP contribution in [0.2, 0.25) is 5.02 Å². The van der Waals surface area contributed by atoms with Crippen molar-refractivity contribution < 1.29 is 0 Å². The summed E-state index contributed by atoms with van der Waals surface area (Å²) in [6, 6.07) is 7.75. The Morgan fingerprint density at radius 1 is 1.24 bits per heavy atom. The normalized spacial score (nSPS) is 13.2. The van der Waals surface area contributed by atoms with Gasteiger partial charge >= 0.3 is 0 Å². The number of benzene rings is 1. The highest BCUT2D eigenvalue weighted by molar-refractivity contribution is 6.30. The lowest BCUT2D eigenvalue weighted by molar-refractivity contribution is 0.828. The van der Waals surface area contributed by atoms with Gasteiger partial charge in [0.1, 0.15) is 5.82 Å². The highest BCUT2D eigenvalue weighted by atomic mass is 35.5. The minimum Gasteiger partial charge on any atom is -0.370 e. The van der Waals surface area contributed by atoms with E-state index in [0.29, 0.717) is 0 Å². The first-order chi connectivity index (χ1) is 10.3. The van der Waals surface area contributed by atoms with E-state index in [0.717, 1.165) is 48.0 Å². The molecule has 0 saturated heterocycles. The number of unbranched alkanes of at least 4 members (excludes halogenated alkanes) is 1. The minimum atomic E-state index is 0.720. The van der Waals surface area contributed by atoms with E-state index in [2.05, 4.69) is 12.2 Å². The predicted molar refractivity (Wildman–Crippen MR) is 87.9 cm³/mol. The van der Waals surface area contributed by atoms with Crippen molar-refractivity contribution in [3.63, 3.8) is 0 Å². The van der Waals surface area contributed by atoms with Crippen LogP contribution in [0.1, 0.15) is 37.4 Å². The van der Waals surface area contributed by atoms with E-state index in [-0.39, 0.29) is 0 Å². The van der Waals surface area contributed by atoms with E-state index >= 15 is 0 Å². The van der Waals surface area contributed by atoms with E-state index in [1.165, 1.54) is 24.1 Å². The first-order valence-electron chi connectivity index (χ1n) is 7.67. The van der Waals surface area contributed by atoms with Gasteiger partial charge in [0.05, 0.1) is 0 Å². The standard InChI is InChI=1S/C17H20ClN3/c1-2-3-10-19-17-14-8-5-9-15(14)20-16(21-17)12-6-4-7-13(18)11-12/h4,6-7,11H,2-3,5,8-10H2,1H3,(H,19,20,21). The van der Waals surface area contributed by atoms with Crippen molar-refractivity contribution in [3.05, 3.63) is 40.5 Å². The summed E-state index contributed by atoms with van der Waals surface area (Å²) >= 11 is 6.08. The second kappa shape index (κ2) is 6.44. The first-order valence-corrected chi connectivity index (χ1v) is 8.05. The summed E-state index contributed by atoms with van der Waals surface area (Å²) in [5.74, 6) is 1.79. The molecule has 0 saturated carbocycles. The van der Waals surface area contributed by atoms with Crippen molar-refractivity contribution in [2.75, 3.05) is 11.9 Å².